The minimum absolute atomic E-state index is 0.0447. The average molecular weight is 850 g/mol. The summed E-state index contributed by atoms with van der Waals surface area (Å²) in [6, 6.07) is 0. The molecule has 11 heteroatoms. The van der Waals surface area contributed by atoms with Crippen molar-refractivity contribution in [1.82, 2.24) is 0 Å². The first-order chi connectivity index (χ1) is 28.5. The molecule has 4 atom stereocenters. The standard InChI is InChI=1S/C48H84NO9P/c1-6-8-10-11-12-13-14-15-16-17-18-19-20-21-22-23-28-31-35-39-48(51)57-44(43-56-59(52,53)55-41-40-49(3,4)5)42-54-47(50)38-34-30-27-25-24-26-29-33-37-46-45(58-46)36-32-9-7-2/h12-13,15-16,18-19,21-22,29,33,44-46H,6-11,14,17,20,23-28,30-32,34-43H2,1-5H3/b13-12-,16-15-,19-18-,22-21-,33-29-/t44-,45?,46?/m1/s1. The SMILES string of the molecule is CCCCC/C=C\C/C=C\C/C=C\C/C=C\CCCCCC(=O)O[C@H](COC(=O)CCCCCCC/C=C\CC1OC1CCCCC)COP(=O)([O-])OCC[N+](C)(C)C. The lowest BCUT2D eigenvalue weighted by molar-refractivity contribution is -0.870. The van der Waals surface area contributed by atoms with Gasteiger partial charge in [0.15, 0.2) is 6.10 Å². The third-order valence-electron chi connectivity index (χ3n) is 9.93. The van der Waals surface area contributed by atoms with E-state index in [0.29, 0.717) is 36.1 Å². The molecule has 0 saturated carbocycles. The van der Waals surface area contributed by atoms with Crippen LogP contribution < -0.4 is 4.89 Å². The van der Waals surface area contributed by atoms with E-state index in [1.54, 1.807) is 0 Å². The van der Waals surface area contributed by atoms with Gasteiger partial charge in [0.05, 0.1) is 40.0 Å². The summed E-state index contributed by atoms with van der Waals surface area (Å²) in [5.74, 6) is -0.896. The minimum Gasteiger partial charge on any atom is -0.756 e. The van der Waals surface area contributed by atoms with Crippen LogP contribution in [0.3, 0.4) is 0 Å². The van der Waals surface area contributed by atoms with Crippen molar-refractivity contribution in [1.29, 1.82) is 0 Å². The number of carbonyl (C=O) groups excluding carboxylic acids is 2. The zero-order valence-corrected chi connectivity index (χ0v) is 38.8. The molecule has 0 N–H and O–H groups in total. The molecule has 1 fully saturated rings. The highest BCUT2D eigenvalue weighted by Crippen LogP contribution is 2.38. The van der Waals surface area contributed by atoms with Gasteiger partial charge in [0.2, 0.25) is 0 Å². The molecule has 340 valence electrons. The number of unbranched alkanes of at least 4 members (excludes halogenated alkanes) is 13. The largest absolute Gasteiger partial charge is 0.756 e. The van der Waals surface area contributed by atoms with Gasteiger partial charge >= 0.3 is 11.9 Å². The van der Waals surface area contributed by atoms with Crippen molar-refractivity contribution in [3.63, 3.8) is 0 Å². The second kappa shape index (κ2) is 36.3. The van der Waals surface area contributed by atoms with E-state index in [9.17, 15) is 19.0 Å². The third kappa shape index (κ3) is 37.2. The molecule has 3 unspecified atom stereocenters. The predicted octanol–water partition coefficient (Wildman–Crippen LogP) is 11.6. The molecule has 0 radical (unpaired) electrons. The van der Waals surface area contributed by atoms with Crippen molar-refractivity contribution in [2.24, 2.45) is 0 Å². The van der Waals surface area contributed by atoms with Crippen molar-refractivity contribution in [2.75, 3.05) is 47.5 Å². The highest BCUT2D eigenvalue weighted by Gasteiger charge is 2.36. The normalized spacial score (nSPS) is 17.5. The van der Waals surface area contributed by atoms with Crippen LogP contribution in [0, 0.1) is 0 Å². The monoisotopic (exact) mass is 850 g/mol. The summed E-state index contributed by atoms with van der Waals surface area (Å²) in [6.07, 6.45) is 45.6. The smallest absolute Gasteiger partial charge is 0.306 e. The molecule has 0 aromatic carbocycles. The Morgan fingerprint density at radius 1 is 0.627 bits per heavy atom. The van der Waals surface area contributed by atoms with Gasteiger partial charge in [0.25, 0.3) is 7.82 Å². The van der Waals surface area contributed by atoms with Gasteiger partial charge in [0.1, 0.15) is 19.8 Å². The lowest BCUT2D eigenvalue weighted by Gasteiger charge is -2.28. The van der Waals surface area contributed by atoms with Gasteiger partial charge in [-0.3, -0.25) is 14.2 Å². The Bertz CT molecular complexity index is 1260. The number of phosphoric acid groups is 1. The number of hydrogen-bond donors (Lipinski definition) is 0. The molecule has 10 nitrogen and oxygen atoms in total. The molecular formula is C48H84NO9P. The van der Waals surface area contributed by atoms with E-state index in [0.717, 1.165) is 77.0 Å². The Balaban J connectivity index is 2.30. The number of nitrogens with zero attached hydrogens (tertiary/aromatic N) is 1. The molecule has 0 aliphatic carbocycles. The van der Waals surface area contributed by atoms with Gasteiger partial charge in [-0.05, 0) is 83.5 Å². The van der Waals surface area contributed by atoms with Crippen LogP contribution in [-0.4, -0.2) is 82.2 Å². The number of allylic oxidation sites excluding steroid dienone is 9. The maximum atomic E-state index is 12.7. The Morgan fingerprint density at radius 2 is 1.14 bits per heavy atom. The number of epoxide rings is 1. The quantitative estimate of drug-likeness (QED) is 0.0148. The molecule has 0 amide bonds. The molecule has 0 aromatic rings. The number of hydrogen-bond acceptors (Lipinski definition) is 9. The fourth-order valence-corrected chi connectivity index (χ4v) is 6.90. The van der Waals surface area contributed by atoms with E-state index in [2.05, 4.69) is 74.6 Å². The molecule has 0 spiro atoms. The fraction of sp³-hybridized carbons (Fsp3) is 0.750. The van der Waals surface area contributed by atoms with Gasteiger partial charge in [-0.25, -0.2) is 0 Å². The van der Waals surface area contributed by atoms with Crippen molar-refractivity contribution in [3.8, 4) is 0 Å². The van der Waals surface area contributed by atoms with Crippen LogP contribution >= 0.6 is 7.82 Å². The van der Waals surface area contributed by atoms with E-state index >= 15 is 0 Å². The van der Waals surface area contributed by atoms with Gasteiger partial charge in [-0.1, -0.05) is 132 Å². The Hall–Kier alpha value is -2.33. The van der Waals surface area contributed by atoms with Crippen LogP contribution in [0.1, 0.15) is 168 Å². The van der Waals surface area contributed by atoms with Crippen LogP contribution in [0.5, 0.6) is 0 Å². The first-order valence-corrected chi connectivity index (χ1v) is 24.6. The summed E-state index contributed by atoms with van der Waals surface area (Å²) in [4.78, 5) is 37.6. The summed E-state index contributed by atoms with van der Waals surface area (Å²) in [5.41, 5.74) is 0. The van der Waals surface area contributed by atoms with Gasteiger partial charge in [0, 0.05) is 12.8 Å². The Kier molecular flexibility index (Phi) is 33.7. The first-order valence-electron chi connectivity index (χ1n) is 23.1. The molecule has 0 bridgehead atoms. The number of esters is 2. The molecule has 1 aliphatic rings. The zero-order valence-electron chi connectivity index (χ0n) is 37.9. The fourth-order valence-electron chi connectivity index (χ4n) is 6.17. The molecule has 1 heterocycles. The van der Waals surface area contributed by atoms with Crippen molar-refractivity contribution >= 4 is 19.8 Å². The average Bonchev–Trinajstić information content (AvgIpc) is 3.94. The van der Waals surface area contributed by atoms with Crippen LogP contribution in [0.2, 0.25) is 0 Å². The first kappa shape index (κ1) is 54.7. The van der Waals surface area contributed by atoms with Crippen molar-refractivity contribution in [2.45, 2.75) is 186 Å². The van der Waals surface area contributed by atoms with Crippen LogP contribution in [-0.2, 0) is 37.4 Å². The maximum absolute atomic E-state index is 12.7. The van der Waals surface area contributed by atoms with E-state index in [-0.39, 0.29) is 26.1 Å². The number of quaternary nitrogens is 1. The van der Waals surface area contributed by atoms with Gasteiger partial charge in [-0.15, -0.1) is 0 Å². The molecule has 0 aromatic heterocycles. The number of likely N-dealkylation sites (N-methyl/N-ethyl adjacent to an activating group) is 1. The van der Waals surface area contributed by atoms with E-state index in [1.807, 2.05) is 21.1 Å². The zero-order chi connectivity index (χ0) is 43.3. The second-order valence-electron chi connectivity index (χ2n) is 16.8. The maximum Gasteiger partial charge on any atom is 0.306 e. The summed E-state index contributed by atoms with van der Waals surface area (Å²) in [5, 5.41) is 0. The van der Waals surface area contributed by atoms with E-state index < -0.39 is 32.5 Å². The summed E-state index contributed by atoms with van der Waals surface area (Å²) < 4.78 is 39.6. The highest BCUT2D eigenvalue weighted by atomic mass is 31.2. The number of ether oxygens (including phenoxy) is 3. The lowest BCUT2D eigenvalue weighted by atomic mass is 10.1. The minimum atomic E-state index is -4.65. The number of rotatable bonds is 40. The Morgan fingerprint density at radius 3 is 1.75 bits per heavy atom. The highest BCUT2D eigenvalue weighted by molar-refractivity contribution is 7.45. The summed E-state index contributed by atoms with van der Waals surface area (Å²) in [6.45, 7) is 4.09. The predicted molar refractivity (Wildman–Crippen MR) is 240 cm³/mol. The van der Waals surface area contributed by atoms with Crippen LogP contribution in [0.4, 0.5) is 0 Å². The molecule has 1 rings (SSSR count). The van der Waals surface area contributed by atoms with Crippen LogP contribution in [0.25, 0.3) is 0 Å². The van der Waals surface area contributed by atoms with Gasteiger partial charge < -0.3 is 32.6 Å². The number of phosphoric ester groups is 1. The third-order valence-corrected chi connectivity index (χ3v) is 10.9. The molecular weight excluding hydrogens is 766 g/mol. The van der Waals surface area contributed by atoms with Crippen molar-refractivity contribution < 1.29 is 46.8 Å². The molecule has 1 saturated heterocycles. The second-order valence-corrected chi connectivity index (χ2v) is 18.2. The molecule has 1 aliphatic heterocycles. The van der Waals surface area contributed by atoms with Crippen LogP contribution in [0.15, 0.2) is 60.8 Å². The number of carbonyl (C=O) groups is 2. The van der Waals surface area contributed by atoms with Gasteiger partial charge in [-0.2, -0.15) is 0 Å². The van der Waals surface area contributed by atoms with E-state index in [4.69, 9.17) is 23.3 Å². The topological polar surface area (TPSA) is 124 Å². The lowest BCUT2D eigenvalue weighted by Crippen LogP contribution is -2.37. The summed E-state index contributed by atoms with van der Waals surface area (Å²) >= 11 is 0. The Labute approximate surface area is 360 Å². The molecule has 59 heavy (non-hydrogen) atoms. The van der Waals surface area contributed by atoms with Crippen molar-refractivity contribution in [3.05, 3.63) is 60.8 Å². The van der Waals surface area contributed by atoms with E-state index in [1.165, 1.54) is 51.4 Å². The summed E-state index contributed by atoms with van der Waals surface area (Å²) in [7, 11) is 1.12.